The maximum absolute atomic E-state index is 12.6. The molecule has 3 rings (SSSR count). The maximum atomic E-state index is 12.6. The molecule has 0 spiro atoms. The minimum absolute atomic E-state index is 0.0223. The van der Waals surface area contributed by atoms with Crippen molar-refractivity contribution in [3.63, 3.8) is 0 Å². The van der Waals surface area contributed by atoms with Crippen molar-refractivity contribution in [1.82, 2.24) is 10.2 Å². The fourth-order valence-corrected chi connectivity index (χ4v) is 4.50. The minimum atomic E-state index is -0.332. The monoisotopic (exact) mass is 358 g/mol. The van der Waals surface area contributed by atoms with Gasteiger partial charge in [0.25, 0.3) is 0 Å². The summed E-state index contributed by atoms with van der Waals surface area (Å²) in [6, 6.07) is 6.83. The van der Waals surface area contributed by atoms with Gasteiger partial charge in [0, 0.05) is 6.04 Å². The molecule has 4 nitrogen and oxygen atoms in total. The zero-order valence-corrected chi connectivity index (χ0v) is 16.3. The van der Waals surface area contributed by atoms with Crippen LogP contribution < -0.4 is 5.32 Å². The topological polar surface area (TPSA) is 52.6 Å². The van der Waals surface area contributed by atoms with Crippen LogP contribution >= 0.6 is 0 Å². The lowest BCUT2D eigenvalue weighted by molar-refractivity contribution is -0.124. The molecular formula is C22H34N2O2. The fourth-order valence-electron chi connectivity index (χ4n) is 4.50. The van der Waals surface area contributed by atoms with E-state index in [4.69, 9.17) is 0 Å². The van der Waals surface area contributed by atoms with Crippen LogP contribution in [0.2, 0.25) is 0 Å². The predicted molar refractivity (Wildman–Crippen MR) is 105 cm³/mol. The molecule has 26 heavy (non-hydrogen) atoms. The maximum Gasteiger partial charge on any atom is 0.234 e. The largest absolute Gasteiger partial charge is 0.392 e. The Morgan fingerprint density at radius 1 is 1.23 bits per heavy atom. The molecule has 0 aromatic heterocycles. The van der Waals surface area contributed by atoms with Crippen LogP contribution in [-0.4, -0.2) is 41.1 Å². The first-order valence-corrected chi connectivity index (χ1v) is 10.4. The van der Waals surface area contributed by atoms with Crippen LogP contribution in [0.4, 0.5) is 0 Å². The Hall–Kier alpha value is -1.39. The molecule has 1 amide bonds. The molecule has 3 unspecified atom stereocenters. The molecule has 1 aromatic carbocycles. The number of benzene rings is 1. The predicted octanol–water partition coefficient (Wildman–Crippen LogP) is 3.37. The molecule has 3 atom stereocenters. The van der Waals surface area contributed by atoms with Crippen molar-refractivity contribution in [2.24, 2.45) is 0 Å². The Labute approximate surface area is 158 Å². The molecule has 0 bridgehead atoms. The highest BCUT2D eigenvalue weighted by atomic mass is 16.3. The van der Waals surface area contributed by atoms with Crippen LogP contribution in [0.15, 0.2) is 18.2 Å². The molecule has 0 saturated carbocycles. The van der Waals surface area contributed by atoms with Crippen LogP contribution in [0, 0.1) is 0 Å². The average Bonchev–Trinajstić information content (AvgIpc) is 2.67. The Bertz CT molecular complexity index is 616. The van der Waals surface area contributed by atoms with Crippen LogP contribution in [-0.2, 0) is 17.6 Å². The minimum Gasteiger partial charge on any atom is -0.392 e. The standard InChI is InChI=1S/C22H34N2O2/c1-3-21(25)20-10-6-7-13-24(20)15-22(26)23-16(2)18-12-11-17-8-4-5-9-19(17)14-18/h11-12,14,16,20-21,25H,3-10,13,15H2,1-2H3,(H,23,26). The van der Waals surface area contributed by atoms with Gasteiger partial charge in [-0.15, -0.1) is 0 Å². The molecule has 1 aromatic rings. The summed E-state index contributed by atoms with van der Waals surface area (Å²) in [5, 5.41) is 13.4. The number of aliphatic hydroxyl groups is 1. The van der Waals surface area contributed by atoms with Crippen molar-refractivity contribution in [2.75, 3.05) is 13.1 Å². The first kappa shape index (κ1) is 19.4. The van der Waals surface area contributed by atoms with E-state index in [1.165, 1.54) is 36.0 Å². The van der Waals surface area contributed by atoms with Crippen molar-refractivity contribution in [2.45, 2.75) is 83.4 Å². The number of nitrogens with one attached hydrogen (secondary N) is 1. The second kappa shape index (κ2) is 9.01. The van der Waals surface area contributed by atoms with Crippen molar-refractivity contribution in [3.8, 4) is 0 Å². The third-order valence-corrected chi connectivity index (χ3v) is 6.12. The number of nitrogens with zero attached hydrogens (tertiary/aromatic N) is 1. The third-order valence-electron chi connectivity index (χ3n) is 6.12. The quantitative estimate of drug-likeness (QED) is 0.820. The van der Waals surface area contributed by atoms with E-state index in [1.54, 1.807) is 0 Å². The van der Waals surface area contributed by atoms with E-state index in [9.17, 15) is 9.90 Å². The number of carbonyl (C=O) groups excluding carboxylic acids is 1. The number of aryl methyl sites for hydroxylation is 2. The highest BCUT2D eigenvalue weighted by Crippen LogP contribution is 2.25. The molecule has 1 heterocycles. The molecule has 2 aliphatic rings. The van der Waals surface area contributed by atoms with Crippen LogP contribution in [0.1, 0.15) is 75.1 Å². The summed E-state index contributed by atoms with van der Waals surface area (Å²) >= 11 is 0. The van der Waals surface area contributed by atoms with E-state index in [0.717, 1.165) is 38.6 Å². The van der Waals surface area contributed by atoms with Gasteiger partial charge in [-0.1, -0.05) is 31.5 Å². The number of rotatable bonds is 6. The summed E-state index contributed by atoms with van der Waals surface area (Å²) in [5.41, 5.74) is 4.13. The first-order chi connectivity index (χ1) is 12.6. The number of carbonyl (C=O) groups is 1. The number of aliphatic hydroxyl groups excluding tert-OH is 1. The van der Waals surface area contributed by atoms with Crippen LogP contribution in [0.25, 0.3) is 0 Å². The summed E-state index contributed by atoms with van der Waals surface area (Å²) in [7, 11) is 0. The number of hydrogen-bond acceptors (Lipinski definition) is 3. The first-order valence-electron chi connectivity index (χ1n) is 10.4. The lowest BCUT2D eigenvalue weighted by Crippen LogP contribution is -2.50. The van der Waals surface area contributed by atoms with Crippen LogP contribution in [0.3, 0.4) is 0 Å². The average molecular weight is 359 g/mol. The Morgan fingerprint density at radius 2 is 2.00 bits per heavy atom. The van der Waals surface area contributed by atoms with Gasteiger partial charge in [0.15, 0.2) is 0 Å². The Kier molecular flexibility index (Phi) is 6.71. The second-order valence-electron chi connectivity index (χ2n) is 8.03. The summed E-state index contributed by atoms with van der Waals surface area (Å²) in [5.74, 6) is 0.0606. The molecule has 1 saturated heterocycles. The second-order valence-corrected chi connectivity index (χ2v) is 8.03. The van der Waals surface area contributed by atoms with E-state index < -0.39 is 0 Å². The zero-order valence-electron chi connectivity index (χ0n) is 16.3. The number of likely N-dealkylation sites (tertiary alicyclic amines) is 1. The van der Waals surface area contributed by atoms with Gasteiger partial charge in [-0.3, -0.25) is 9.69 Å². The molecule has 4 heteroatoms. The SMILES string of the molecule is CCC(O)C1CCCCN1CC(=O)NC(C)c1ccc2c(c1)CCCC2. The lowest BCUT2D eigenvalue weighted by atomic mass is 9.89. The van der Waals surface area contributed by atoms with Gasteiger partial charge in [0.2, 0.25) is 5.91 Å². The highest BCUT2D eigenvalue weighted by Gasteiger charge is 2.29. The Balaban J connectivity index is 1.58. The van der Waals surface area contributed by atoms with Gasteiger partial charge < -0.3 is 10.4 Å². The lowest BCUT2D eigenvalue weighted by Gasteiger charge is -2.38. The normalized spacial score (nSPS) is 23.1. The highest BCUT2D eigenvalue weighted by molar-refractivity contribution is 5.78. The number of hydrogen-bond donors (Lipinski definition) is 2. The zero-order chi connectivity index (χ0) is 18.5. The van der Waals surface area contributed by atoms with Gasteiger partial charge in [-0.25, -0.2) is 0 Å². The van der Waals surface area contributed by atoms with Crippen molar-refractivity contribution < 1.29 is 9.90 Å². The molecular weight excluding hydrogens is 324 g/mol. The third kappa shape index (κ3) is 4.66. The van der Waals surface area contributed by atoms with Gasteiger partial charge in [-0.05, 0) is 75.1 Å². The number of piperidine rings is 1. The van der Waals surface area contributed by atoms with Gasteiger partial charge in [0.05, 0.1) is 18.7 Å². The van der Waals surface area contributed by atoms with Gasteiger partial charge in [0.1, 0.15) is 0 Å². The molecule has 1 aliphatic heterocycles. The molecule has 1 aliphatic carbocycles. The number of amides is 1. The summed E-state index contributed by atoms with van der Waals surface area (Å²) in [4.78, 5) is 14.8. The van der Waals surface area contributed by atoms with E-state index in [2.05, 4.69) is 35.3 Å². The summed E-state index contributed by atoms with van der Waals surface area (Å²) in [6.07, 6.45) is 8.57. The van der Waals surface area contributed by atoms with E-state index in [1.807, 2.05) is 6.92 Å². The number of fused-ring (bicyclic) bond motifs is 1. The van der Waals surface area contributed by atoms with Crippen molar-refractivity contribution >= 4 is 5.91 Å². The van der Waals surface area contributed by atoms with Gasteiger partial charge >= 0.3 is 0 Å². The van der Waals surface area contributed by atoms with Crippen molar-refractivity contribution in [1.29, 1.82) is 0 Å². The Morgan fingerprint density at radius 3 is 2.77 bits per heavy atom. The molecule has 144 valence electrons. The fraction of sp³-hybridized carbons (Fsp3) is 0.682. The van der Waals surface area contributed by atoms with E-state index in [-0.39, 0.29) is 24.1 Å². The van der Waals surface area contributed by atoms with E-state index >= 15 is 0 Å². The summed E-state index contributed by atoms with van der Waals surface area (Å²) < 4.78 is 0. The summed E-state index contributed by atoms with van der Waals surface area (Å²) in [6.45, 7) is 5.37. The smallest absolute Gasteiger partial charge is 0.234 e. The van der Waals surface area contributed by atoms with Crippen LogP contribution in [0.5, 0.6) is 0 Å². The van der Waals surface area contributed by atoms with E-state index in [0.29, 0.717) is 6.54 Å². The van der Waals surface area contributed by atoms with Gasteiger partial charge in [-0.2, -0.15) is 0 Å². The van der Waals surface area contributed by atoms with Crippen molar-refractivity contribution in [3.05, 3.63) is 34.9 Å². The molecule has 0 radical (unpaired) electrons. The molecule has 2 N–H and O–H groups in total. The molecule has 1 fully saturated rings.